The number of alkyl carbamates (subject to hydrolysis) is 1. The third kappa shape index (κ3) is 8.31. The number of aliphatic hydroxyl groups excluding tert-OH is 1. The molecule has 1 aromatic rings. The van der Waals surface area contributed by atoms with E-state index in [1.807, 2.05) is 32.0 Å². The molecule has 1 aliphatic carbocycles. The zero-order valence-electron chi connectivity index (χ0n) is 21.4. The number of ether oxygens (including phenoxy) is 1. The van der Waals surface area contributed by atoms with Crippen LogP contribution in [-0.4, -0.2) is 58.8 Å². The van der Waals surface area contributed by atoms with Gasteiger partial charge in [0, 0.05) is 12.6 Å². The Hall–Kier alpha value is -2.61. The first-order valence-electron chi connectivity index (χ1n) is 12.2. The van der Waals surface area contributed by atoms with Crippen molar-refractivity contribution in [3.63, 3.8) is 0 Å². The number of carbonyl (C=O) groups excluding carboxylic acids is 3. The molecule has 0 aliphatic heterocycles. The molecule has 34 heavy (non-hydrogen) atoms. The lowest BCUT2D eigenvalue weighted by molar-refractivity contribution is -0.144. The smallest absolute Gasteiger partial charge is 0.408 e. The fourth-order valence-corrected chi connectivity index (χ4v) is 3.98. The Balaban J connectivity index is 2.36. The number of carbonyl (C=O) groups is 3. The van der Waals surface area contributed by atoms with E-state index in [0.717, 1.165) is 48.8 Å². The Bertz CT molecular complexity index is 840. The molecule has 0 radical (unpaired) electrons. The Morgan fingerprint density at radius 2 is 1.74 bits per heavy atom. The van der Waals surface area contributed by atoms with Gasteiger partial charge in [-0.15, -0.1) is 0 Å². The molecule has 2 rings (SSSR count). The van der Waals surface area contributed by atoms with Crippen molar-refractivity contribution in [3.05, 3.63) is 34.9 Å². The molecule has 190 valence electrons. The van der Waals surface area contributed by atoms with Crippen molar-refractivity contribution in [3.8, 4) is 0 Å². The summed E-state index contributed by atoms with van der Waals surface area (Å²) in [5.74, 6) is -0.751. The van der Waals surface area contributed by atoms with Crippen LogP contribution >= 0.6 is 0 Å². The zero-order chi connectivity index (χ0) is 25.5. The summed E-state index contributed by atoms with van der Waals surface area (Å²) in [6, 6.07) is 3.66. The number of nitrogens with zero attached hydrogens (tertiary/aromatic N) is 1. The van der Waals surface area contributed by atoms with Crippen molar-refractivity contribution >= 4 is 17.9 Å². The molecule has 1 aromatic carbocycles. The van der Waals surface area contributed by atoms with E-state index < -0.39 is 36.3 Å². The molecule has 2 atom stereocenters. The highest BCUT2D eigenvalue weighted by atomic mass is 16.6. The van der Waals surface area contributed by atoms with Crippen LogP contribution in [0.5, 0.6) is 0 Å². The van der Waals surface area contributed by atoms with Gasteiger partial charge in [-0.05, 0) is 59.4 Å². The van der Waals surface area contributed by atoms with E-state index in [1.54, 1.807) is 25.7 Å². The number of benzene rings is 1. The van der Waals surface area contributed by atoms with E-state index in [2.05, 4.69) is 17.6 Å². The number of aryl methyl sites for hydroxylation is 2. The second-order valence-electron chi connectivity index (χ2n) is 10.2. The molecule has 3 N–H and O–H groups in total. The van der Waals surface area contributed by atoms with Crippen molar-refractivity contribution in [2.75, 3.05) is 13.2 Å². The molecule has 1 saturated carbocycles. The number of hydrogen-bond donors (Lipinski definition) is 3. The number of nitrogens with one attached hydrogen (secondary N) is 2. The number of aliphatic hydroxyl groups is 1. The van der Waals surface area contributed by atoms with Gasteiger partial charge in [0.2, 0.25) is 11.8 Å². The summed E-state index contributed by atoms with van der Waals surface area (Å²) in [6.45, 7) is 11.1. The predicted molar refractivity (Wildman–Crippen MR) is 131 cm³/mol. The Morgan fingerprint density at radius 1 is 1.12 bits per heavy atom. The normalized spacial score (nSPS) is 15.3. The summed E-state index contributed by atoms with van der Waals surface area (Å²) in [7, 11) is 0. The van der Waals surface area contributed by atoms with E-state index in [0.29, 0.717) is 6.54 Å². The third-order valence-electron chi connectivity index (χ3n) is 5.53. The SMILES string of the molecule is CCCCCNC(=O)C(c1cc(C)cc(C)c1)N(C(=O)C(CO)NC(=O)OC(C)(C)C)C1CC1. The van der Waals surface area contributed by atoms with E-state index in [1.165, 1.54) is 0 Å². The number of hydrogen-bond acceptors (Lipinski definition) is 5. The second kappa shape index (κ2) is 12.2. The molecule has 0 heterocycles. The minimum atomic E-state index is -1.21. The topological polar surface area (TPSA) is 108 Å². The number of amides is 3. The van der Waals surface area contributed by atoms with Crippen LogP contribution in [0.3, 0.4) is 0 Å². The van der Waals surface area contributed by atoms with Crippen LogP contribution in [0.15, 0.2) is 18.2 Å². The average Bonchev–Trinajstić information content (AvgIpc) is 3.55. The third-order valence-corrected chi connectivity index (χ3v) is 5.53. The lowest BCUT2D eigenvalue weighted by Crippen LogP contribution is -2.55. The van der Waals surface area contributed by atoms with Crippen LogP contribution in [0.4, 0.5) is 4.79 Å². The standard InChI is InChI=1S/C26H41N3O5/c1-7-8-9-12-27-23(31)22(19-14-17(2)13-18(3)15-19)29(20-10-11-20)24(32)21(16-30)28-25(33)34-26(4,5)6/h13-15,20-22,30H,7-12,16H2,1-6H3,(H,27,31)(H,28,33). The van der Waals surface area contributed by atoms with Gasteiger partial charge in [-0.2, -0.15) is 0 Å². The minimum Gasteiger partial charge on any atom is -0.444 e. The van der Waals surface area contributed by atoms with Crippen molar-refractivity contribution < 1.29 is 24.2 Å². The molecular weight excluding hydrogens is 434 g/mol. The van der Waals surface area contributed by atoms with Crippen LogP contribution in [0.2, 0.25) is 0 Å². The van der Waals surface area contributed by atoms with Crippen LogP contribution in [0.1, 0.15) is 82.5 Å². The summed E-state index contributed by atoms with van der Waals surface area (Å²) in [5.41, 5.74) is 1.96. The van der Waals surface area contributed by atoms with Crippen molar-refractivity contribution in [2.45, 2.75) is 97.4 Å². The molecule has 8 heteroatoms. The highest BCUT2D eigenvalue weighted by molar-refractivity contribution is 5.92. The van der Waals surface area contributed by atoms with Gasteiger partial charge in [0.15, 0.2) is 0 Å². The molecule has 8 nitrogen and oxygen atoms in total. The highest BCUT2D eigenvalue weighted by Gasteiger charge is 2.44. The van der Waals surface area contributed by atoms with E-state index in [9.17, 15) is 19.5 Å². The Labute approximate surface area is 203 Å². The average molecular weight is 476 g/mol. The van der Waals surface area contributed by atoms with Crippen LogP contribution < -0.4 is 10.6 Å². The first-order chi connectivity index (χ1) is 16.0. The first-order valence-corrected chi connectivity index (χ1v) is 12.2. The summed E-state index contributed by atoms with van der Waals surface area (Å²) in [5, 5.41) is 15.4. The summed E-state index contributed by atoms with van der Waals surface area (Å²) in [4.78, 5) is 40.9. The van der Waals surface area contributed by atoms with Gasteiger partial charge >= 0.3 is 6.09 Å². The summed E-state index contributed by atoms with van der Waals surface area (Å²) in [6.07, 6.45) is 3.65. The fraction of sp³-hybridized carbons (Fsp3) is 0.654. The van der Waals surface area contributed by atoms with E-state index in [-0.39, 0.29) is 11.9 Å². The van der Waals surface area contributed by atoms with Crippen LogP contribution in [-0.2, 0) is 14.3 Å². The van der Waals surface area contributed by atoms with Crippen LogP contribution in [0.25, 0.3) is 0 Å². The largest absolute Gasteiger partial charge is 0.444 e. The van der Waals surface area contributed by atoms with Crippen LogP contribution in [0, 0.1) is 13.8 Å². The van der Waals surface area contributed by atoms with E-state index >= 15 is 0 Å². The molecule has 0 saturated heterocycles. The molecule has 3 amide bonds. The van der Waals surface area contributed by atoms with Gasteiger partial charge in [0.05, 0.1) is 6.61 Å². The molecule has 1 fully saturated rings. The van der Waals surface area contributed by atoms with E-state index in [4.69, 9.17) is 4.74 Å². The maximum atomic E-state index is 13.6. The Morgan fingerprint density at radius 3 is 2.24 bits per heavy atom. The van der Waals surface area contributed by atoms with Gasteiger partial charge in [-0.1, -0.05) is 49.1 Å². The maximum Gasteiger partial charge on any atom is 0.408 e. The quantitative estimate of drug-likeness (QED) is 0.425. The fourth-order valence-electron chi connectivity index (χ4n) is 3.98. The lowest BCUT2D eigenvalue weighted by Gasteiger charge is -2.34. The summed E-state index contributed by atoms with van der Waals surface area (Å²) < 4.78 is 5.26. The Kier molecular flexibility index (Phi) is 9.91. The van der Waals surface area contributed by atoms with Gasteiger partial charge in [0.1, 0.15) is 17.7 Å². The lowest BCUT2D eigenvalue weighted by atomic mass is 9.98. The monoisotopic (exact) mass is 475 g/mol. The van der Waals surface area contributed by atoms with Crippen molar-refractivity contribution in [2.24, 2.45) is 0 Å². The minimum absolute atomic E-state index is 0.130. The summed E-state index contributed by atoms with van der Waals surface area (Å²) >= 11 is 0. The van der Waals surface area contributed by atoms with Gasteiger partial charge < -0.3 is 25.4 Å². The molecule has 0 spiro atoms. The number of unbranched alkanes of at least 4 members (excludes halogenated alkanes) is 2. The highest BCUT2D eigenvalue weighted by Crippen LogP contribution is 2.36. The van der Waals surface area contributed by atoms with Gasteiger partial charge in [-0.3, -0.25) is 9.59 Å². The van der Waals surface area contributed by atoms with Crippen molar-refractivity contribution in [1.29, 1.82) is 0 Å². The molecule has 1 aliphatic rings. The second-order valence-corrected chi connectivity index (χ2v) is 10.2. The van der Waals surface area contributed by atoms with Gasteiger partial charge in [-0.25, -0.2) is 4.79 Å². The maximum absolute atomic E-state index is 13.6. The van der Waals surface area contributed by atoms with Crippen molar-refractivity contribution in [1.82, 2.24) is 15.5 Å². The zero-order valence-corrected chi connectivity index (χ0v) is 21.4. The first kappa shape index (κ1) is 27.6. The number of rotatable bonds is 11. The molecule has 2 unspecified atom stereocenters. The molecule has 0 aromatic heterocycles. The predicted octanol–water partition coefficient (Wildman–Crippen LogP) is 3.53. The molecule has 0 bridgehead atoms. The van der Waals surface area contributed by atoms with Gasteiger partial charge in [0.25, 0.3) is 0 Å². The molecular formula is C26H41N3O5.